The van der Waals surface area contributed by atoms with Crippen LogP contribution in [-0.2, 0) is 4.79 Å². The monoisotopic (exact) mass is 291 g/mol. The van der Waals surface area contributed by atoms with Crippen LogP contribution < -0.4 is 21.1 Å². The van der Waals surface area contributed by atoms with E-state index in [-0.39, 0.29) is 18.6 Å². The highest BCUT2D eigenvalue weighted by Gasteiger charge is 2.24. The highest BCUT2D eigenvalue weighted by atomic mass is 16.5. The number of nitrogens with zero attached hydrogens (tertiary/aromatic N) is 1. The predicted octanol–water partition coefficient (Wildman–Crippen LogP) is 2.29. The van der Waals surface area contributed by atoms with Crippen LogP contribution in [0.25, 0.3) is 0 Å². The number of hydrogen-bond acceptors (Lipinski definition) is 4. The van der Waals surface area contributed by atoms with Crippen molar-refractivity contribution in [2.45, 2.75) is 51.7 Å². The van der Waals surface area contributed by atoms with E-state index >= 15 is 0 Å². The normalized spacial score (nSPS) is 15.4. The first-order valence-electron chi connectivity index (χ1n) is 7.58. The standard InChI is InChI=1S/C16H25N3O2/c1-11(2)21-15-8-12(17)7-14(9-15)19(10-16(18)20)13-5-3-4-6-13/h7-9,11,13H,3-6,10,17H2,1-2H3,(H2,18,20). The molecule has 0 radical (unpaired) electrons. The Morgan fingerprint density at radius 2 is 2.00 bits per heavy atom. The maximum absolute atomic E-state index is 11.4. The second-order valence-electron chi connectivity index (χ2n) is 5.96. The molecule has 0 atom stereocenters. The van der Waals surface area contributed by atoms with Gasteiger partial charge in [-0.15, -0.1) is 0 Å². The smallest absolute Gasteiger partial charge is 0.236 e. The van der Waals surface area contributed by atoms with Crippen molar-refractivity contribution in [3.05, 3.63) is 18.2 Å². The highest BCUT2D eigenvalue weighted by molar-refractivity contribution is 5.80. The molecule has 1 aromatic rings. The minimum absolute atomic E-state index is 0.0794. The average molecular weight is 291 g/mol. The second kappa shape index (κ2) is 6.70. The van der Waals surface area contributed by atoms with E-state index < -0.39 is 0 Å². The van der Waals surface area contributed by atoms with Crippen LogP contribution in [0.1, 0.15) is 39.5 Å². The van der Waals surface area contributed by atoms with Gasteiger partial charge in [-0.2, -0.15) is 0 Å². The van der Waals surface area contributed by atoms with Gasteiger partial charge in [-0.3, -0.25) is 4.79 Å². The molecule has 5 nitrogen and oxygen atoms in total. The number of carbonyl (C=O) groups excluding carboxylic acids is 1. The van der Waals surface area contributed by atoms with Gasteiger partial charge in [0.25, 0.3) is 0 Å². The molecule has 1 amide bonds. The fourth-order valence-corrected chi connectivity index (χ4v) is 2.93. The summed E-state index contributed by atoms with van der Waals surface area (Å²) in [5.74, 6) is 0.406. The number of rotatable bonds is 6. The number of benzene rings is 1. The van der Waals surface area contributed by atoms with E-state index in [1.54, 1.807) is 6.07 Å². The van der Waals surface area contributed by atoms with E-state index in [2.05, 4.69) is 4.90 Å². The Labute approximate surface area is 126 Å². The Bertz CT molecular complexity index is 496. The van der Waals surface area contributed by atoms with Crippen molar-refractivity contribution in [3.63, 3.8) is 0 Å². The number of nitrogen functional groups attached to an aromatic ring is 1. The number of primary amides is 1. The van der Waals surface area contributed by atoms with Crippen LogP contribution in [0.15, 0.2) is 18.2 Å². The molecule has 21 heavy (non-hydrogen) atoms. The van der Waals surface area contributed by atoms with Gasteiger partial charge in [0.1, 0.15) is 5.75 Å². The molecular weight excluding hydrogens is 266 g/mol. The lowest BCUT2D eigenvalue weighted by molar-refractivity contribution is -0.116. The number of anilines is 2. The maximum Gasteiger partial charge on any atom is 0.236 e. The van der Waals surface area contributed by atoms with E-state index in [9.17, 15) is 4.79 Å². The molecular formula is C16H25N3O2. The molecule has 4 N–H and O–H groups in total. The maximum atomic E-state index is 11.4. The van der Waals surface area contributed by atoms with Crippen LogP contribution in [0.2, 0.25) is 0 Å². The van der Waals surface area contributed by atoms with Gasteiger partial charge >= 0.3 is 0 Å². The quantitative estimate of drug-likeness (QED) is 0.788. The van der Waals surface area contributed by atoms with E-state index in [1.807, 2.05) is 26.0 Å². The summed E-state index contributed by atoms with van der Waals surface area (Å²) in [6, 6.07) is 5.98. The van der Waals surface area contributed by atoms with Crippen LogP contribution in [0.4, 0.5) is 11.4 Å². The molecule has 5 heteroatoms. The predicted molar refractivity (Wildman–Crippen MR) is 85.4 cm³/mol. The minimum Gasteiger partial charge on any atom is -0.491 e. The molecule has 0 spiro atoms. The first-order valence-corrected chi connectivity index (χ1v) is 7.58. The van der Waals surface area contributed by atoms with Crippen LogP contribution in [0.3, 0.4) is 0 Å². The Balaban J connectivity index is 2.29. The number of nitrogens with two attached hydrogens (primary N) is 2. The van der Waals surface area contributed by atoms with Gasteiger partial charge in [-0.1, -0.05) is 12.8 Å². The average Bonchev–Trinajstić information content (AvgIpc) is 2.87. The van der Waals surface area contributed by atoms with Crippen molar-refractivity contribution in [3.8, 4) is 5.75 Å². The van der Waals surface area contributed by atoms with Crippen molar-refractivity contribution < 1.29 is 9.53 Å². The topological polar surface area (TPSA) is 81.6 Å². The van der Waals surface area contributed by atoms with Crippen LogP contribution >= 0.6 is 0 Å². The summed E-state index contributed by atoms with van der Waals surface area (Å²) in [6.07, 6.45) is 4.64. The zero-order chi connectivity index (χ0) is 15.4. The largest absolute Gasteiger partial charge is 0.491 e. The van der Waals surface area contributed by atoms with Crippen molar-refractivity contribution in [1.29, 1.82) is 0 Å². The SMILES string of the molecule is CC(C)Oc1cc(N)cc(N(CC(N)=O)C2CCCC2)c1. The van der Waals surface area contributed by atoms with Gasteiger partial charge < -0.3 is 21.1 Å². The molecule has 1 aromatic carbocycles. The number of hydrogen-bond donors (Lipinski definition) is 2. The fraction of sp³-hybridized carbons (Fsp3) is 0.562. The first kappa shape index (κ1) is 15.5. The molecule has 1 fully saturated rings. The number of carbonyl (C=O) groups is 1. The van der Waals surface area contributed by atoms with E-state index in [0.717, 1.165) is 24.3 Å². The lowest BCUT2D eigenvalue weighted by atomic mass is 10.1. The Hall–Kier alpha value is -1.91. The Morgan fingerprint density at radius 1 is 1.33 bits per heavy atom. The van der Waals surface area contributed by atoms with Gasteiger partial charge in [0.15, 0.2) is 0 Å². The molecule has 0 saturated heterocycles. The molecule has 2 rings (SSSR count). The molecule has 1 aliphatic carbocycles. The third-order valence-corrected chi connectivity index (χ3v) is 3.71. The van der Waals surface area contributed by atoms with Crippen LogP contribution in [0, 0.1) is 0 Å². The van der Waals surface area contributed by atoms with E-state index in [4.69, 9.17) is 16.2 Å². The van der Waals surface area contributed by atoms with E-state index in [0.29, 0.717) is 11.7 Å². The molecule has 0 unspecified atom stereocenters. The van der Waals surface area contributed by atoms with E-state index in [1.165, 1.54) is 12.8 Å². The summed E-state index contributed by atoms with van der Waals surface area (Å²) in [7, 11) is 0. The minimum atomic E-state index is -0.323. The summed E-state index contributed by atoms with van der Waals surface area (Å²) in [4.78, 5) is 13.5. The Morgan fingerprint density at radius 3 is 2.57 bits per heavy atom. The lowest BCUT2D eigenvalue weighted by Crippen LogP contribution is -2.40. The van der Waals surface area contributed by atoms with Crippen molar-refractivity contribution in [2.24, 2.45) is 5.73 Å². The molecule has 0 aliphatic heterocycles. The highest BCUT2D eigenvalue weighted by Crippen LogP contribution is 2.32. The molecule has 0 aromatic heterocycles. The molecule has 0 heterocycles. The van der Waals surface area contributed by atoms with Gasteiger partial charge in [0, 0.05) is 29.5 Å². The molecule has 0 bridgehead atoms. The lowest BCUT2D eigenvalue weighted by Gasteiger charge is -2.30. The Kier molecular flexibility index (Phi) is 4.94. The van der Waals surface area contributed by atoms with Crippen molar-refractivity contribution in [2.75, 3.05) is 17.2 Å². The summed E-state index contributed by atoms with van der Waals surface area (Å²) in [5.41, 5.74) is 12.9. The molecule has 1 aliphatic rings. The molecule has 116 valence electrons. The summed E-state index contributed by atoms with van der Waals surface area (Å²) < 4.78 is 5.73. The third-order valence-electron chi connectivity index (χ3n) is 3.71. The van der Waals surface area contributed by atoms with Gasteiger partial charge in [0.05, 0.1) is 12.6 Å². The van der Waals surface area contributed by atoms with Gasteiger partial charge in [-0.25, -0.2) is 0 Å². The zero-order valence-corrected chi connectivity index (χ0v) is 12.8. The zero-order valence-electron chi connectivity index (χ0n) is 12.8. The van der Waals surface area contributed by atoms with Crippen molar-refractivity contribution >= 4 is 17.3 Å². The molecule has 1 saturated carbocycles. The second-order valence-corrected chi connectivity index (χ2v) is 5.96. The van der Waals surface area contributed by atoms with Crippen molar-refractivity contribution in [1.82, 2.24) is 0 Å². The first-order chi connectivity index (χ1) is 9.95. The van der Waals surface area contributed by atoms with Gasteiger partial charge in [-0.05, 0) is 32.8 Å². The number of ether oxygens (including phenoxy) is 1. The summed E-state index contributed by atoms with van der Waals surface area (Å²) in [6.45, 7) is 4.16. The summed E-state index contributed by atoms with van der Waals surface area (Å²) >= 11 is 0. The van der Waals surface area contributed by atoms with Crippen LogP contribution in [0.5, 0.6) is 5.75 Å². The third kappa shape index (κ3) is 4.28. The number of amides is 1. The van der Waals surface area contributed by atoms with Crippen LogP contribution in [-0.4, -0.2) is 24.6 Å². The van der Waals surface area contributed by atoms with Gasteiger partial charge in [0.2, 0.25) is 5.91 Å². The fourth-order valence-electron chi connectivity index (χ4n) is 2.93. The summed E-state index contributed by atoms with van der Waals surface area (Å²) in [5, 5.41) is 0.